The first-order valence-corrected chi connectivity index (χ1v) is 8.10. The minimum absolute atomic E-state index is 0.942. The molecule has 1 aromatic heterocycles. The molecule has 110 valence electrons. The Labute approximate surface area is 137 Å². The van der Waals surface area contributed by atoms with Gasteiger partial charge in [0, 0.05) is 17.8 Å². The molecule has 0 aliphatic heterocycles. The van der Waals surface area contributed by atoms with Crippen LogP contribution in [0.1, 0.15) is 0 Å². The van der Waals surface area contributed by atoms with E-state index in [9.17, 15) is 0 Å². The van der Waals surface area contributed by atoms with Crippen LogP contribution < -0.4 is 0 Å². The average molecular weight is 304 g/mol. The SMILES string of the molecule is c1cc2ccc3cc4c(ccc5nccnc54)c4ccc(c1)c2c34. The quantitative estimate of drug-likeness (QED) is 0.266. The summed E-state index contributed by atoms with van der Waals surface area (Å²) >= 11 is 0. The maximum Gasteiger partial charge on any atom is 0.0965 e. The summed E-state index contributed by atoms with van der Waals surface area (Å²) < 4.78 is 0. The summed E-state index contributed by atoms with van der Waals surface area (Å²) in [4.78, 5) is 9.03. The molecule has 5 aromatic carbocycles. The van der Waals surface area contributed by atoms with E-state index in [0.717, 1.165) is 11.0 Å². The van der Waals surface area contributed by atoms with Crippen molar-refractivity contribution in [2.45, 2.75) is 0 Å². The van der Waals surface area contributed by atoms with Crippen LogP contribution >= 0.6 is 0 Å². The van der Waals surface area contributed by atoms with Crippen molar-refractivity contribution in [3.8, 4) is 0 Å². The monoisotopic (exact) mass is 304 g/mol. The molecule has 0 saturated heterocycles. The molecule has 6 aromatic rings. The van der Waals surface area contributed by atoms with Gasteiger partial charge in [-0.2, -0.15) is 0 Å². The van der Waals surface area contributed by atoms with E-state index in [2.05, 4.69) is 70.6 Å². The van der Waals surface area contributed by atoms with Crippen LogP contribution in [-0.4, -0.2) is 9.97 Å². The molecule has 0 fully saturated rings. The highest BCUT2D eigenvalue weighted by molar-refractivity contribution is 6.30. The summed E-state index contributed by atoms with van der Waals surface area (Å²) in [5.74, 6) is 0. The third-order valence-electron chi connectivity index (χ3n) is 5.08. The van der Waals surface area contributed by atoms with Gasteiger partial charge in [-0.05, 0) is 49.8 Å². The summed E-state index contributed by atoms with van der Waals surface area (Å²) in [6, 6.07) is 21.9. The van der Waals surface area contributed by atoms with Crippen LogP contribution in [0.5, 0.6) is 0 Å². The van der Waals surface area contributed by atoms with E-state index in [1.165, 1.54) is 43.1 Å². The molecule has 0 radical (unpaired) electrons. The van der Waals surface area contributed by atoms with Gasteiger partial charge in [-0.15, -0.1) is 0 Å². The molecule has 0 atom stereocenters. The molecule has 0 amide bonds. The molecule has 6 rings (SSSR count). The standard InChI is InChI=1S/C22H12N2/c1-2-13-4-5-15-12-18-16(8-9-19-22(18)24-11-10-23-19)17-7-6-14(3-1)20(13)21(15)17/h1-12H. The number of hydrogen-bond acceptors (Lipinski definition) is 2. The van der Waals surface area contributed by atoms with Gasteiger partial charge < -0.3 is 0 Å². The third-order valence-corrected chi connectivity index (χ3v) is 5.08. The highest BCUT2D eigenvalue weighted by Gasteiger charge is 2.12. The number of aromatic nitrogens is 2. The van der Waals surface area contributed by atoms with Gasteiger partial charge in [-0.1, -0.05) is 48.5 Å². The fraction of sp³-hybridized carbons (Fsp3) is 0. The largest absolute Gasteiger partial charge is 0.253 e. The maximum atomic E-state index is 4.58. The lowest BCUT2D eigenvalue weighted by Crippen LogP contribution is -1.88. The normalized spacial score (nSPS) is 12.2. The maximum absolute atomic E-state index is 4.58. The van der Waals surface area contributed by atoms with Crippen molar-refractivity contribution in [1.29, 1.82) is 0 Å². The van der Waals surface area contributed by atoms with E-state index in [4.69, 9.17) is 0 Å². The van der Waals surface area contributed by atoms with Crippen LogP contribution in [0, 0.1) is 0 Å². The van der Waals surface area contributed by atoms with Gasteiger partial charge in [0.2, 0.25) is 0 Å². The predicted molar refractivity (Wildman–Crippen MR) is 101 cm³/mol. The highest BCUT2D eigenvalue weighted by atomic mass is 14.8. The summed E-state index contributed by atoms with van der Waals surface area (Å²) in [5.41, 5.74) is 1.92. The topological polar surface area (TPSA) is 25.8 Å². The minimum Gasteiger partial charge on any atom is -0.253 e. The summed E-state index contributed by atoms with van der Waals surface area (Å²) in [6.07, 6.45) is 3.52. The van der Waals surface area contributed by atoms with Crippen LogP contribution in [-0.2, 0) is 0 Å². The second-order valence-electron chi connectivity index (χ2n) is 6.32. The molecule has 0 spiro atoms. The lowest BCUT2D eigenvalue weighted by molar-refractivity contribution is 1.30. The van der Waals surface area contributed by atoms with Crippen LogP contribution in [0.25, 0.3) is 54.1 Å². The number of benzene rings is 5. The first-order chi connectivity index (χ1) is 11.9. The van der Waals surface area contributed by atoms with Crippen molar-refractivity contribution in [2.75, 3.05) is 0 Å². The van der Waals surface area contributed by atoms with E-state index in [1.807, 2.05) is 0 Å². The Morgan fingerprint density at radius 2 is 1.29 bits per heavy atom. The molecule has 0 saturated carbocycles. The Balaban J connectivity index is 1.98. The second-order valence-corrected chi connectivity index (χ2v) is 6.32. The molecular formula is C22H12N2. The summed E-state index contributed by atoms with van der Waals surface area (Å²) in [5, 5.41) is 10.3. The van der Waals surface area contributed by atoms with Gasteiger partial charge >= 0.3 is 0 Å². The molecule has 1 heterocycles. The molecule has 0 bridgehead atoms. The van der Waals surface area contributed by atoms with E-state index >= 15 is 0 Å². The number of hydrogen-bond donors (Lipinski definition) is 0. The Morgan fingerprint density at radius 1 is 0.542 bits per heavy atom. The van der Waals surface area contributed by atoms with Crippen molar-refractivity contribution < 1.29 is 0 Å². The van der Waals surface area contributed by atoms with E-state index in [1.54, 1.807) is 12.4 Å². The number of rotatable bonds is 0. The predicted octanol–water partition coefficient (Wildman–Crippen LogP) is 5.68. The second kappa shape index (κ2) is 4.18. The van der Waals surface area contributed by atoms with Crippen molar-refractivity contribution in [1.82, 2.24) is 9.97 Å². The average Bonchev–Trinajstić information content (AvgIpc) is 2.65. The Bertz CT molecular complexity index is 1380. The number of nitrogens with zero attached hydrogens (tertiary/aromatic N) is 2. The minimum atomic E-state index is 0.942. The van der Waals surface area contributed by atoms with E-state index in [-0.39, 0.29) is 0 Å². The van der Waals surface area contributed by atoms with E-state index < -0.39 is 0 Å². The lowest BCUT2D eigenvalue weighted by Gasteiger charge is -2.13. The van der Waals surface area contributed by atoms with Gasteiger partial charge in [0.25, 0.3) is 0 Å². The van der Waals surface area contributed by atoms with Crippen molar-refractivity contribution >= 4 is 54.1 Å². The molecule has 2 nitrogen and oxygen atoms in total. The summed E-state index contributed by atoms with van der Waals surface area (Å²) in [7, 11) is 0. The molecule has 0 aliphatic carbocycles. The van der Waals surface area contributed by atoms with Crippen LogP contribution in [0.4, 0.5) is 0 Å². The Morgan fingerprint density at radius 3 is 2.21 bits per heavy atom. The Kier molecular flexibility index (Phi) is 2.12. The molecule has 0 unspecified atom stereocenters. The van der Waals surface area contributed by atoms with Crippen molar-refractivity contribution in [3.63, 3.8) is 0 Å². The third kappa shape index (κ3) is 1.41. The van der Waals surface area contributed by atoms with Crippen molar-refractivity contribution in [2.24, 2.45) is 0 Å². The number of fused-ring (bicyclic) bond motifs is 4. The van der Waals surface area contributed by atoms with Gasteiger partial charge in [-0.3, -0.25) is 9.97 Å². The summed E-state index contributed by atoms with van der Waals surface area (Å²) in [6.45, 7) is 0. The zero-order chi connectivity index (χ0) is 15.7. The molecule has 0 N–H and O–H groups in total. The van der Waals surface area contributed by atoms with Gasteiger partial charge in [0.15, 0.2) is 0 Å². The van der Waals surface area contributed by atoms with Gasteiger partial charge in [0.1, 0.15) is 0 Å². The zero-order valence-electron chi connectivity index (χ0n) is 12.8. The lowest BCUT2D eigenvalue weighted by atomic mass is 9.91. The Hall–Kier alpha value is -3.26. The van der Waals surface area contributed by atoms with Crippen LogP contribution in [0.15, 0.2) is 73.1 Å². The molecule has 24 heavy (non-hydrogen) atoms. The zero-order valence-corrected chi connectivity index (χ0v) is 12.8. The highest BCUT2D eigenvalue weighted by Crippen LogP contribution is 2.39. The molecular weight excluding hydrogens is 292 g/mol. The first kappa shape index (κ1) is 12.2. The smallest absolute Gasteiger partial charge is 0.0965 e. The van der Waals surface area contributed by atoms with E-state index in [0.29, 0.717) is 0 Å². The fourth-order valence-corrected chi connectivity index (χ4v) is 4.05. The van der Waals surface area contributed by atoms with Crippen LogP contribution in [0.2, 0.25) is 0 Å². The van der Waals surface area contributed by atoms with Gasteiger partial charge in [0.05, 0.1) is 11.0 Å². The molecule has 0 aliphatic rings. The first-order valence-electron chi connectivity index (χ1n) is 8.10. The van der Waals surface area contributed by atoms with Crippen molar-refractivity contribution in [3.05, 3.63) is 73.1 Å². The van der Waals surface area contributed by atoms with Gasteiger partial charge in [-0.25, -0.2) is 0 Å². The molecule has 2 heteroatoms. The van der Waals surface area contributed by atoms with Crippen LogP contribution in [0.3, 0.4) is 0 Å². The fourth-order valence-electron chi connectivity index (χ4n) is 4.05.